The number of nitrogens with zero attached hydrogens (tertiary/aromatic N) is 1. The van der Waals surface area contributed by atoms with Crippen LogP contribution in [0.25, 0.3) is 0 Å². The Bertz CT molecular complexity index is 557. The Balaban J connectivity index is 3.26. The average molecular weight is 265 g/mol. The van der Waals surface area contributed by atoms with Gasteiger partial charge in [-0.05, 0) is 46.8 Å². The molecule has 1 aromatic heterocycles. The third-order valence-electron chi connectivity index (χ3n) is 2.78. The molecule has 0 aliphatic rings. The van der Waals surface area contributed by atoms with Gasteiger partial charge in [0, 0.05) is 5.69 Å². The largest absolute Gasteiger partial charge is 0.461 e. The summed E-state index contributed by atoms with van der Waals surface area (Å²) in [5.41, 5.74) is 0.235. The summed E-state index contributed by atoms with van der Waals surface area (Å²) in [5, 5.41) is 0. The zero-order valence-electron chi connectivity index (χ0n) is 11.9. The molecule has 104 valence electrons. The minimum absolute atomic E-state index is 0.0785. The van der Waals surface area contributed by atoms with Gasteiger partial charge in [-0.3, -0.25) is 14.2 Å². The number of Topliss-reactive ketones (excluding diaryl/α,β-unsaturated/α-hetero) is 1. The van der Waals surface area contributed by atoms with Crippen molar-refractivity contribution in [2.24, 2.45) is 0 Å². The number of hydrogen-bond donors (Lipinski definition) is 0. The second-order valence-electron chi connectivity index (χ2n) is 4.78. The predicted octanol–water partition coefficient (Wildman–Crippen LogP) is 1.87. The molecule has 0 fully saturated rings. The van der Waals surface area contributed by atoms with Gasteiger partial charge in [0.25, 0.3) is 5.56 Å². The van der Waals surface area contributed by atoms with Crippen LogP contribution in [0.15, 0.2) is 16.9 Å². The molecule has 1 unspecified atom stereocenters. The number of rotatable bonds is 4. The molecule has 0 N–H and O–H groups in total. The molecule has 0 spiro atoms. The molecule has 0 radical (unpaired) electrons. The van der Waals surface area contributed by atoms with Crippen molar-refractivity contribution in [3.05, 3.63) is 33.7 Å². The molecule has 1 heterocycles. The van der Waals surface area contributed by atoms with Crippen LogP contribution in [0.3, 0.4) is 0 Å². The fraction of sp³-hybridized carbons (Fsp3) is 0.500. The third kappa shape index (κ3) is 3.30. The molecule has 0 aliphatic heterocycles. The summed E-state index contributed by atoms with van der Waals surface area (Å²) in [6.45, 7) is 8.11. The van der Waals surface area contributed by atoms with E-state index < -0.39 is 17.6 Å². The molecule has 5 nitrogen and oxygen atoms in total. The first-order chi connectivity index (χ1) is 8.75. The van der Waals surface area contributed by atoms with Crippen molar-refractivity contribution in [2.45, 2.75) is 46.8 Å². The molecule has 1 rings (SSSR count). The number of aromatic nitrogens is 1. The monoisotopic (exact) mass is 265 g/mol. The molecule has 0 amide bonds. The van der Waals surface area contributed by atoms with E-state index in [0.29, 0.717) is 5.69 Å². The Morgan fingerprint density at radius 3 is 2.26 bits per heavy atom. The molecule has 5 heteroatoms. The SMILES string of the molecule is CC(=O)c1ccc(C)n(C(C)C(=O)OC(C)C)c1=O. The molecule has 1 aromatic rings. The van der Waals surface area contributed by atoms with Crippen LogP contribution in [-0.4, -0.2) is 22.4 Å². The normalized spacial score (nSPS) is 12.3. The summed E-state index contributed by atoms with van der Waals surface area (Å²) in [6, 6.07) is 2.38. The van der Waals surface area contributed by atoms with Gasteiger partial charge in [-0.15, -0.1) is 0 Å². The third-order valence-corrected chi connectivity index (χ3v) is 2.78. The Labute approximate surface area is 112 Å². The van der Waals surface area contributed by atoms with E-state index in [-0.39, 0.29) is 17.5 Å². The van der Waals surface area contributed by atoms with E-state index in [4.69, 9.17) is 4.74 Å². The molecule has 19 heavy (non-hydrogen) atoms. The lowest BCUT2D eigenvalue weighted by Gasteiger charge is -2.19. The summed E-state index contributed by atoms with van der Waals surface area (Å²) in [6.07, 6.45) is -0.248. The van der Waals surface area contributed by atoms with Crippen LogP contribution in [0.2, 0.25) is 0 Å². The number of hydrogen-bond acceptors (Lipinski definition) is 4. The zero-order chi connectivity index (χ0) is 14.7. The fourth-order valence-corrected chi connectivity index (χ4v) is 1.83. The van der Waals surface area contributed by atoms with Crippen LogP contribution in [0, 0.1) is 6.92 Å². The minimum Gasteiger partial charge on any atom is -0.461 e. The molecular formula is C14H19NO4. The second-order valence-corrected chi connectivity index (χ2v) is 4.78. The average Bonchev–Trinajstić information content (AvgIpc) is 2.27. The maximum absolute atomic E-state index is 12.2. The van der Waals surface area contributed by atoms with Crippen molar-refractivity contribution in [1.82, 2.24) is 4.57 Å². The highest BCUT2D eigenvalue weighted by atomic mass is 16.5. The van der Waals surface area contributed by atoms with Crippen molar-refractivity contribution in [1.29, 1.82) is 0 Å². The number of ether oxygens (including phenoxy) is 1. The molecule has 1 atom stereocenters. The zero-order valence-corrected chi connectivity index (χ0v) is 11.9. The second kappa shape index (κ2) is 5.82. The molecule has 0 saturated carbocycles. The van der Waals surface area contributed by atoms with Crippen LogP contribution in [-0.2, 0) is 9.53 Å². The topological polar surface area (TPSA) is 65.4 Å². The molecule has 0 bridgehead atoms. The van der Waals surface area contributed by atoms with Crippen molar-refractivity contribution in [3.8, 4) is 0 Å². The number of carbonyl (C=O) groups is 2. The van der Waals surface area contributed by atoms with Crippen LogP contribution >= 0.6 is 0 Å². The highest BCUT2D eigenvalue weighted by Crippen LogP contribution is 2.11. The van der Waals surface area contributed by atoms with E-state index in [1.165, 1.54) is 17.6 Å². The van der Waals surface area contributed by atoms with Gasteiger partial charge in [-0.25, -0.2) is 4.79 Å². The van der Waals surface area contributed by atoms with Crippen molar-refractivity contribution in [2.75, 3.05) is 0 Å². The van der Waals surface area contributed by atoms with E-state index in [0.717, 1.165) is 0 Å². The van der Waals surface area contributed by atoms with Crippen molar-refractivity contribution < 1.29 is 14.3 Å². The van der Waals surface area contributed by atoms with Crippen LogP contribution in [0.1, 0.15) is 49.8 Å². The lowest BCUT2D eigenvalue weighted by Crippen LogP contribution is -2.34. The first-order valence-electron chi connectivity index (χ1n) is 6.19. The molecule has 0 aliphatic carbocycles. The van der Waals surface area contributed by atoms with E-state index >= 15 is 0 Å². The first kappa shape index (κ1) is 15.1. The van der Waals surface area contributed by atoms with Gasteiger partial charge >= 0.3 is 5.97 Å². The number of carbonyl (C=O) groups excluding carboxylic acids is 2. The van der Waals surface area contributed by atoms with Crippen molar-refractivity contribution in [3.63, 3.8) is 0 Å². The van der Waals surface area contributed by atoms with E-state index in [1.807, 2.05) is 0 Å². The van der Waals surface area contributed by atoms with Gasteiger partial charge in [0.2, 0.25) is 0 Å². The van der Waals surface area contributed by atoms with Crippen LogP contribution < -0.4 is 5.56 Å². The van der Waals surface area contributed by atoms with E-state index in [2.05, 4.69) is 0 Å². The van der Waals surface area contributed by atoms with Gasteiger partial charge in [0.05, 0.1) is 11.7 Å². The lowest BCUT2D eigenvalue weighted by atomic mass is 10.1. The Morgan fingerprint density at radius 1 is 1.21 bits per heavy atom. The maximum atomic E-state index is 12.2. The van der Waals surface area contributed by atoms with Gasteiger partial charge in [-0.2, -0.15) is 0 Å². The summed E-state index contributed by atoms with van der Waals surface area (Å²) < 4.78 is 6.39. The quantitative estimate of drug-likeness (QED) is 0.615. The molecular weight excluding hydrogens is 246 g/mol. The summed E-state index contributed by atoms with van der Waals surface area (Å²) >= 11 is 0. The molecule has 0 saturated heterocycles. The van der Waals surface area contributed by atoms with Gasteiger partial charge < -0.3 is 4.74 Å². The standard InChI is InChI=1S/C14H19NO4/c1-8(2)19-14(18)10(4)15-9(3)6-7-12(11(5)16)13(15)17/h6-8,10H,1-5H3. The predicted molar refractivity (Wildman–Crippen MR) is 71.4 cm³/mol. The minimum atomic E-state index is -0.755. The summed E-state index contributed by atoms with van der Waals surface area (Å²) in [5.74, 6) is -0.802. The number of esters is 1. The number of ketones is 1. The maximum Gasteiger partial charge on any atom is 0.329 e. The highest BCUT2D eigenvalue weighted by Gasteiger charge is 2.22. The highest BCUT2D eigenvalue weighted by molar-refractivity contribution is 5.93. The Kier molecular flexibility index (Phi) is 4.64. The fourth-order valence-electron chi connectivity index (χ4n) is 1.83. The van der Waals surface area contributed by atoms with Crippen LogP contribution in [0.5, 0.6) is 0 Å². The lowest BCUT2D eigenvalue weighted by molar-refractivity contribution is -0.151. The summed E-state index contributed by atoms with van der Waals surface area (Å²) in [7, 11) is 0. The van der Waals surface area contributed by atoms with E-state index in [9.17, 15) is 14.4 Å². The number of aryl methyl sites for hydroxylation is 1. The molecule has 0 aromatic carbocycles. The Morgan fingerprint density at radius 2 is 1.79 bits per heavy atom. The van der Waals surface area contributed by atoms with E-state index in [1.54, 1.807) is 33.8 Å². The van der Waals surface area contributed by atoms with Crippen molar-refractivity contribution >= 4 is 11.8 Å². The van der Waals surface area contributed by atoms with Crippen LogP contribution in [0.4, 0.5) is 0 Å². The Hall–Kier alpha value is -1.91. The number of pyridine rings is 1. The first-order valence-corrected chi connectivity index (χ1v) is 6.19. The summed E-state index contributed by atoms with van der Waals surface area (Å²) in [4.78, 5) is 35.4. The van der Waals surface area contributed by atoms with Gasteiger partial charge in [-0.1, -0.05) is 0 Å². The van der Waals surface area contributed by atoms with Gasteiger partial charge in [0.1, 0.15) is 6.04 Å². The smallest absolute Gasteiger partial charge is 0.329 e. The van der Waals surface area contributed by atoms with Gasteiger partial charge in [0.15, 0.2) is 5.78 Å².